The van der Waals surface area contributed by atoms with E-state index in [0.29, 0.717) is 0 Å². The molecule has 1 aliphatic rings. The molecule has 0 aromatic heterocycles. The smallest absolute Gasteiger partial charge is 0.325 e. The highest BCUT2D eigenvalue weighted by Gasteiger charge is 2.26. The van der Waals surface area contributed by atoms with Crippen LogP contribution < -0.4 is 5.32 Å². The van der Waals surface area contributed by atoms with Gasteiger partial charge in [-0.3, -0.25) is 4.79 Å². The monoisotopic (exact) mass is 200 g/mol. The number of hydrogen-bond donors (Lipinski definition) is 2. The summed E-state index contributed by atoms with van der Waals surface area (Å²) in [4.78, 5) is 23.7. The van der Waals surface area contributed by atoms with E-state index >= 15 is 0 Å². The zero-order valence-corrected chi connectivity index (χ0v) is 8.49. The Hall–Kier alpha value is -1.26. The van der Waals surface area contributed by atoms with Crippen molar-refractivity contribution in [1.29, 1.82) is 0 Å². The lowest BCUT2D eigenvalue weighted by atomic mass is 10.2. The van der Waals surface area contributed by atoms with Gasteiger partial charge in [0.15, 0.2) is 0 Å². The fourth-order valence-corrected chi connectivity index (χ4v) is 1.56. The number of nitrogens with zero attached hydrogens (tertiary/aromatic N) is 1. The molecule has 0 bridgehead atoms. The van der Waals surface area contributed by atoms with E-state index in [1.807, 2.05) is 6.92 Å². The maximum Gasteiger partial charge on any atom is 0.325 e. The van der Waals surface area contributed by atoms with Gasteiger partial charge in [0, 0.05) is 12.6 Å². The third kappa shape index (κ3) is 2.37. The van der Waals surface area contributed by atoms with Gasteiger partial charge >= 0.3 is 12.0 Å². The minimum absolute atomic E-state index is 0.219. The minimum Gasteiger partial charge on any atom is -0.480 e. The molecule has 0 spiro atoms. The molecule has 0 aromatic carbocycles. The number of carboxylic acid groups (broad SMARTS) is 1. The standard InChI is InChI=1S/C9H16N2O3/c1-6-4-3-5-11(6)9(14)10-7(2)8(12)13/h6-7H,3-5H2,1-2H3,(H,10,14)(H,12,13). The lowest BCUT2D eigenvalue weighted by Crippen LogP contribution is -2.47. The van der Waals surface area contributed by atoms with Gasteiger partial charge in [0.2, 0.25) is 0 Å². The van der Waals surface area contributed by atoms with E-state index in [1.165, 1.54) is 6.92 Å². The Bertz CT molecular complexity index is 242. The van der Waals surface area contributed by atoms with Crippen molar-refractivity contribution in [3.63, 3.8) is 0 Å². The summed E-state index contributed by atoms with van der Waals surface area (Å²) < 4.78 is 0. The summed E-state index contributed by atoms with van der Waals surface area (Å²) in [7, 11) is 0. The maximum atomic E-state index is 11.5. The number of hydrogen-bond acceptors (Lipinski definition) is 2. The van der Waals surface area contributed by atoms with Crippen LogP contribution in [0.5, 0.6) is 0 Å². The molecule has 0 saturated carbocycles. The van der Waals surface area contributed by atoms with Crippen molar-refractivity contribution >= 4 is 12.0 Å². The number of carbonyl (C=O) groups excluding carboxylic acids is 1. The fourth-order valence-electron chi connectivity index (χ4n) is 1.56. The summed E-state index contributed by atoms with van der Waals surface area (Å²) in [6.45, 7) is 4.15. The number of carboxylic acids is 1. The van der Waals surface area contributed by atoms with Crippen LogP contribution in [0.4, 0.5) is 4.79 Å². The summed E-state index contributed by atoms with van der Waals surface area (Å²) >= 11 is 0. The summed E-state index contributed by atoms with van der Waals surface area (Å²) in [5, 5.41) is 11.0. The van der Waals surface area contributed by atoms with Crippen molar-refractivity contribution < 1.29 is 14.7 Å². The molecule has 0 radical (unpaired) electrons. The molecular formula is C9H16N2O3. The molecule has 1 fully saturated rings. The molecule has 2 N–H and O–H groups in total. The number of aliphatic carboxylic acids is 1. The molecule has 2 amide bonds. The number of rotatable bonds is 2. The third-order valence-corrected chi connectivity index (χ3v) is 2.52. The van der Waals surface area contributed by atoms with Crippen molar-refractivity contribution in [3.05, 3.63) is 0 Å². The van der Waals surface area contributed by atoms with E-state index in [2.05, 4.69) is 5.32 Å². The summed E-state index contributed by atoms with van der Waals surface area (Å²) in [6, 6.07) is -0.879. The van der Waals surface area contributed by atoms with E-state index in [4.69, 9.17) is 5.11 Å². The van der Waals surface area contributed by atoms with Gasteiger partial charge in [0.05, 0.1) is 0 Å². The first-order chi connectivity index (χ1) is 6.52. The topological polar surface area (TPSA) is 69.6 Å². The summed E-state index contributed by atoms with van der Waals surface area (Å²) in [5.74, 6) is -1.01. The molecule has 1 heterocycles. The van der Waals surface area contributed by atoms with E-state index in [9.17, 15) is 9.59 Å². The number of urea groups is 1. The zero-order valence-electron chi connectivity index (χ0n) is 8.49. The SMILES string of the molecule is CC(NC(=O)N1CCCC1C)C(=O)O. The average Bonchev–Trinajstić information content (AvgIpc) is 2.51. The number of amides is 2. The first-order valence-corrected chi connectivity index (χ1v) is 4.82. The molecule has 2 atom stereocenters. The van der Waals surface area contributed by atoms with Crippen molar-refractivity contribution in [2.45, 2.75) is 38.8 Å². The van der Waals surface area contributed by atoms with Crippen LogP contribution >= 0.6 is 0 Å². The van der Waals surface area contributed by atoms with E-state index < -0.39 is 12.0 Å². The second kappa shape index (κ2) is 4.30. The van der Waals surface area contributed by atoms with Crippen LogP contribution in [0.3, 0.4) is 0 Å². The highest BCUT2D eigenvalue weighted by Crippen LogP contribution is 2.16. The first-order valence-electron chi connectivity index (χ1n) is 4.82. The summed E-state index contributed by atoms with van der Waals surface area (Å²) in [6.07, 6.45) is 1.99. The zero-order chi connectivity index (χ0) is 10.7. The van der Waals surface area contributed by atoms with Gasteiger partial charge < -0.3 is 15.3 Å². The average molecular weight is 200 g/mol. The van der Waals surface area contributed by atoms with E-state index in [1.54, 1.807) is 4.90 Å². The van der Waals surface area contributed by atoms with Crippen LogP contribution in [0.2, 0.25) is 0 Å². The molecule has 1 aliphatic heterocycles. The second-order valence-electron chi connectivity index (χ2n) is 3.69. The first kappa shape index (κ1) is 10.8. The molecule has 14 heavy (non-hydrogen) atoms. The van der Waals surface area contributed by atoms with Crippen molar-refractivity contribution in [2.24, 2.45) is 0 Å². The normalized spacial score (nSPS) is 23.3. The lowest BCUT2D eigenvalue weighted by molar-refractivity contribution is -0.138. The number of nitrogens with one attached hydrogen (secondary N) is 1. The maximum absolute atomic E-state index is 11.5. The van der Waals surface area contributed by atoms with Crippen molar-refractivity contribution in [3.8, 4) is 0 Å². The van der Waals surface area contributed by atoms with Crippen molar-refractivity contribution in [2.75, 3.05) is 6.54 Å². The quantitative estimate of drug-likeness (QED) is 0.687. The fraction of sp³-hybridized carbons (Fsp3) is 0.778. The Morgan fingerprint density at radius 3 is 2.64 bits per heavy atom. The molecule has 1 rings (SSSR count). The van der Waals surface area contributed by atoms with Gasteiger partial charge in [0.25, 0.3) is 0 Å². The number of likely N-dealkylation sites (tertiary alicyclic amines) is 1. The van der Waals surface area contributed by atoms with Crippen LogP contribution in [0, 0.1) is 0 Å². The van der Waals surface area contributed by atoms with Gasteiger partial charge in [-0.1, -0.05) is 0 Å². The lowest BCUT2D eigenvalue weighted by Gasteiger charge is -2.23. The van der Waals surface area contributed by atoms with Gasteiger partial charge in [0.1, 0.15) is 6.04 Å². The summed E-state index contributed by atoms with van der Waals surface area (Å²) in [5.41, 5.74) is 0. The molecular weight excluding hydrogens is 184 g/mol. The number of carbonyl (C=O) groups is 2. The Labute approximate surface area is 83.1 Å². The molecule has 5 nitrogen and oxygen atoms in total. The predicted molar refractivity (Wildman–Crippen MR) is 51.0 cm³/mol. The Morgan fingerprint density at radius 2 is 2.21 bits per heavy atom. The Morgan fingerprint density at radius 1 is 1.57 bits per heavy atom. The predicted octanol–water partition coefficient (Wildman–Crippen LogP) is 0.653. The molecule has 0 aromatic rings. The Kier molecular flexibility index (Phi) is 3.33. The Balaban J connectivity index is 2.45. The second-order valence-corrected chi connectivity index (χ2v) is 3.69. The van der Waals surface area contributed by atoms with Gasteiger partial charge in [-0.15, -0.1) is 0 Å². The van der Waals surface area contributed by atoms with Crippen LogP contribution in [0.1, 0.15) is 26.7 Å². The van der Waals surface area contributed by atoms with Crippen LogP contribution in [-0.2, 0) is 4.79 Å². The molecule has 1 saturated heterocycles. The highest BCUT2D eigenvalue weighted by atomic mass is 16.4. The molecule has 5 heteroatoms. The van der Waals surface area contributed by atoms with Gasteiger partial charge in [-0.2, -0.15) is 0 Å². The molecule has 80 valence electrons. The van der Waals surface area contributed by atoms with Gasteiger partial charge in [-0.25, -0.2) is 4.79 Å². The van der Waals surface area contributed by atoms with E-state index in [-0.39, 0.29) is 12.1 Å². The van der Waals surface area contributed by atoms with Crippen LogP contribution in [-0.4, -0.2) is 40.6 Å². The highest BCUT2D eigenvalue weighted by molar-refractivity contribution is 5.82. The minimum atomic E-state index is -1.01. The largest absolute Gasteiger partial charge is 0.480 e. The van der Waals surface area contributed by atoms with Crippen molar-refractivity contribution in [1.82, 2.24) is 10.2 Å². The molecule has 0 aliphatic carbocycles. The van der Waals surface area contributed by atoms with Gasteiger partial charge in [-0.05, 0) is 26.7 Å². The molecule has 2 unspecified atom stereocenters. The van der Waals surface area contributed by atoms with E-state index in [0.717, 1.165) is 19.4 Å². The van der Waals surface area contributed by atoms with Crippen LogP contribution in [0.25, 0.3) is 0 Å². The third-order valence-electron chi connectivity index (χ3n) is 2.52. The van der Waals surface area contributed by atoms with Crippen LogP contribution in [0.15, 0.2) is 0 Å².